The van der Waals surface area contributed by atoms with E-state index in [0.29, 0.717) is 0 Å². The first-order valence-corrected chi connectivity index (χ1v) is 6.08. The molecule has 2 aromatic carbocycles. The van der Waals surface area contributed by atoms with Crippen LogP contribution >= 0.6 is 11.6 Å². The van der Waals surface area contributed by atoms with Crippen molar-refractivity contribution in [2.45, 2.75) is 12.8 Å². The van der Waals surface area contributed by atoms with Gasteiger partial charge in [-0.2, -0.15) is 0 Å². The third kappa shape index (κ3) is 3.85. The summed E-state index contributed by atoms with van der Waals surface area (Å²) in [6, 6.07) is 8.61. The molecule has 0 saturated carbocycles. The van der Waals surface area contributed by atoms with Gasteiger partial charge in [-0.15, -0.1) is 13.2 Å². The van der Waals surface area contributed by atoms with Gasteiger partial charge in [0.15, 0.2) is 0 Å². The molecule has 21 heavy (non-hydrogen) atoms. The van der Waals surface area contributed by atoms with Gasteiger partial charge in [0.05, 0.1) is 0 Å². The molecule has 0 saturated heterocycles. The Morgan fingerprint density at radius 1 is 0.952 bits per heavy atom. The van der Waals surface area contributed by atoms with E-state index in [4.69, 9.17) is 11.6 Å². The van der Waals surface area contributed by atoms with E-state index in [1.54, 1.807) is 0 Å². The number of ether oxygens (including phenoxy) is 1. The predicted molar refractivity (Wildman–Crippen MR) is 68.5 cm³/mol. The maximum Gasteiger partial charge on any atom is 0.573 e. The summed E-state index contributed by atoms with van der Waals surface area (Å²) in [4.78, 5) is 0. The Balaban J connectivity index is 2.40. The first-order chi connectivity index (χ1) is 9.78. The van der Waals surface area contributed by atoms with Crippen LogP contribution in [0.5, 0.6) is 5.75 Å². The van der Waals surface area contributed by atoms with E-state index in [1.165, 1.54) is 30.3 Å². The fraction of sp³-hybridized carbons (Fsp3) is 0.143. The zero-order valence-corrected chi connectivity index (χ0v) is 11.1. The summed E-state index contributed by atoms with van der Waals surface area (Å²) in [7, 11) is 0. The van der Waals surface area contributed by atoms with E-state index < -0.39 is 18.5 Å². The minimum Gasteiger partial charge on any atom is -0.406 e. The van der Waals surface area contributed by atoms with E-state index in [-0.39, 0.29) is 21.7 Å². The Bertz CT molecular complexity index is 622. The minimum atomic E-state index is -4.81. The van der Waals surface area contributed by atoms with Crippen molar-refractivity contribution < 1.29 is 26.7 Å². The quantitative estimate of drug-likeness (QED) is 0.645. The Morgan fingerprint density at radius 2 is 1.57 bits per heavy atom. The second-order valence-electron chi connectivity index (χ2n) is 4.08. The minimum absolute atomic E-state index is 0.0905. The van der Waals surface area contributed by atoms with Crippen molar-refractivity contribution in [2.75, 3.05) is 0 Å². The SMILES string of the molecule is FC(F)c1cccc(Cl)c1-c1ccc(OC(F)(F)F)cc1. The highest BCUT2D eigenvalue weighted by Crippen LogP contribution is 2.37. The van der Waals surface area contributed by atoms with Crippen LogP contribution in [0.15, 0.2) is 42.5 Å². The molecule has 0 atom stereocenters. The standard InChI is InChI=1S/C14H8ClF5O/c15-11-3-1-2-10(13(16)17)12(11)8-4-6-9(7-5-8)21-14(18,19)20/h1-7,13H. The van der Waals surface area contributed by atoms with Gasteiger partial charge in [0, 0.05) is 16.1 Å². The molecule has 2 rings (SSSR count). The summed E-state index contributed by atoms with van der Waals surface area (Å²) in [5, 5.41) is 0.0947. The largest absolute Gasteiger partial charge is 0.573 e. The molecule has 0 N–H and O–H groups in total. The molecule has 2 aromatic rings. The van der Waals surface area contributed by atoms with E-state index >= 15 is 0 Å². The van der Waals surface area contributed by atoms with Crippen LogP contribution in [0.3, 0.4) is 0 Å². The van der Waals surface area contributed by atoms with E-state index in [1.807, 2.05) is 0 Å². The van der Waals surface area contributed by atoms with Crippen molar-refractivity contribution in [2.24, 2.45) is 0 Å². The second-order valence-corrected chi connectivity index (χ2v) is 4.48. The molecule has 0 aliphatic rings. The summed E-state index contributed by atoms with van der Waals surface area (Å²) >= 11 is 5.91. The van der Waals surface area contributed by atoms with E-state index in [2.05, 4.69) is 4.74 Å². The molecule has 0 aliphatic heterocycles. The van der Waals surface area contributed by atoms with Crippen LogP contribution in [-0.2, 0) is 0 Å². The molecule has 7 heteroatoms. The highest BCUT2D eigenvalue weighted by Gasteiger charge is 2.31. The Labute approximate surface area is 121 Å². The number of hydrogen-bond acceptors (Lipinski definition) is 1. The molecular formula is C14H8ClF5O. The lowest BCUT2D eigenvalue weighted by Gasteiger charge is -2.13. The molecular weight excluding hydrogens is 315 g/mol. The molecule has 0 bridgehead atoms. The maximum atomic E-state index is 13.0. The Kier molecular flexibility index (Phi) is 4.37. The van der Waals surface area contributed by atoms with Gasteiger partial charge < -0.3 is 4.74 Å². The molecule has 0 fully saturated rings. The van der Waals surface area contributed by atoms with Crippen molar-refractivity contribution in [1.29, 1.82) is 0 Å². The number of hydrogen-bond donors (Lipinski definition) is 0. The van der Waals surface area contributed by atoms with Crippen LogP contribution in [0, 0.1) is 0 Å². The van der Waals surface area contributed by atoms with Gasteiger partial charge in [-0.25, -0.2) is 8.78 Å². The zero-order valence-electron chi connectivity index (χ0n) is 10.3. The van der Waals surface area contributed by atoms with Gasteiger partial charge in [-0.3, -0.25) is 0 Å². The van der Waals surface area contributed by atoms with Crippen molar-refractivity contribution in [3.63, 3.8) is 0 Å². The molecule has 1 nitrogen and oxygen atoms in total. The molecule has 0 radical (unpaired) electrons. The molecule has 0 spiro atoms. The number of benzene rings is 2. The van der Waals surface area contributed by atoms with Gasteiger partial charge >= 0.3 is 6.36 Å². The molecule has 112 valence electrons. The third-order valence-electron chi connectivity index (χ3n) is 2.66. The summed E-state index contributed by atoms with van der Waals surface area (Å²) < 4.78 is 65.8. The molecule has 0 heterocycles. The van der Waals surface area contributed by atoms with Crippen molar-refractivity contribution in [3.8, 4) is 16.9 Å². The summed E-state index contributed by atoms with van der Waals surface area (Å²) in [6.07, 6.45) is -7.55. The predicted octanol–water partition coefficient (Wildman–Crippen LogP) is 5.84. The number of alkyl halides is 5. The average molecular weight is 323 g/mol. The summed E-state index contributed by atoms with van der Waals surface area (Å²) in [5.41, 5.74) is 0.0881. The first-order valence-electron chi connectivity index (χ1n) is 5.70. The van der Waals surface area contributed by atoms with Crippen molar-refractivity contribution in [1.82, 2.24) is 0 Å². The van der Waals surface area contributed by atoms with Gasteiger partial charge in [-0.05, 0) is 23.8 Å². The molecule has 0 unspecified atom stereocenters. The fourth-order valence-corrected chi connectivity index (χ4v) is 2.14. The first kappa shape index (κ1) is 15.6. The lowest BCUT2D eigenvalue weighted by molar-refractivity contribution is -0.274. The smallest absolute Gasteiger partial charge is 0.406 e. The highest BCUT2D eigenvalue weighted by molar-refractivity contribution is 6.33. The second kappa shape index (κ2) is 5.89. The van der Waals surface area contributed by atoms with Crippen LogP contribution < -0.4 is 4.74 Å². The van der Waals surface area contributed by atoms with Gasteiger partial charge in [0.2, 0.25) is 0 Å². The molecule has 0 aromatic heterocycles. The third-order valence-corrected chi connectivity index (χ3v) is 2.97. The number of halogens is 6. The summed E-state index contributed by atoms with van der Waals surface area (Å²) in [6.45, 7) is 0. The molecule has 0 aliphatic carbocycles. The molecule has 0 amide bonds. The highest BCUT2D eigenvalue weighted by atomic mass is 35.5. The Hall–Kier alpha value is -1.82. The van der Waals surface area contributed by atoms with Gasteiger partial charge in [0.1, 0.15) is 5.75 Å². The lowest BCUT2D eigenvalue weighted by atomic mass is 10.00. The van der Waals surface area contributed by atoms with E-state index in [0.717, 1.165) is 12.1 Å². The van der Waals surface area contributed by atoms with Crippen LogP contribution in [0.2, 0.25) is 5.02 Å². The van der Waals surface area contributed by atoms with E-state index in [9.17, 15) is 22.0 Å². The van der Waals surface area contributed by atoms with Crippen LogP contribution in [-0.4, -0.2) is 6.36 Å². The topological polar surface area (TPSA) is 9.23 Å². The van der Waals surface area contributed by atoms with Crippen LogP contribution in [0.1, 0.15) is 12.0 Å². The monoisotopic (exact) mass is 322 g/mol. The normalized spacial score (nSPS) is 11.8. The van der Waals surface area contributed by atoms with Gasteiger partial charge in [-0.1, -0.05) is 35.9 Å². The Morgan fingerprint density at radius 3 is 2.10 bits per heavy atom. The zero-order chi connectivity index (χ0) is 15.6. The maximum absolute atomic E-state index is 13.0. The van der Waals surface area contributed by atoms with Crippen molar-refractivity contribution >= 4 is 11.6 Å². The summed E-state index contributed by atoms with van der Waals surface area (Å²) in [5.74, 6) is -0.433. The lowest BCUT2D eigenvalue weighted by Crippen LogP contribution is -2.16. The average Bonchev–Trinajstić information content (AvgIpc) is 2.37. The van der Waals surface area contributed by atoms with Gasteiger partial charge in [0.25, 0.3) is 6.43 Å². The fourth-order valence-electron chi connectivity index (χ4n) is 1.85. The number of rotatable bonds is 3. The van der Waals surface area contributed by atoms with Crippen LogP contribution in [0.25, 0.3) is 11.1 Å². The van der Waals surface area contributed by atoms with Crippen molar-refractivity contribution in [3.05, 3.63) is 53.1 Å². The van der Waals surface area contributed by atoms with Crippen LogP contribution in [0.4, 0.5) is 22.0 Å².